The molecule has 1 fully saturated rings. The van der Waals surface area contributed by atoms with E-state index >= 15 is 0 Å². The molecule has 0 spiro atoms. The highest BCUT2D eigenvalue weighted by Crippen LogP contribution is 2.27. The van der Waals surface area contributed by atoms with Gasteiger partial charge in [-0.25, -0.2) is 4.98 Å². The molecule has 0 radical (unpaired) electrons. The zero-order valence-corrected chi connectivity index (χ0v) is 16.2. The van der Waals surface area contributed by atoms with Gasteiger partial charge in [0.2, 0.25) is 0 Å². The second-order valence-electron chi connectivity index (χ2n) is 6.97. The number of aliphatic hydroxyl groups is 1. The van der Waals surface area contributed by atoms with Crippen LogP contribution in [0.4, 0.5) is 0 Å². The van der Waals surface area contributed by atoms with Gasteiger partial charge in [0.1, 0.15) is 24.3 Å². The molecule has 0 unspecified atom stereocenters. The van der Waals surface area contributed by atoms with Gasteiger partial charge in [0.15, 0.2) is 5.82 Å². The first-order chi connectivity index (χ1) is 12.5. The first-order valence-electron chi connectivity index (χ1n) is 9.25. The highest BCUT2D eigenvalue weighted by Gasteiger charge is 2.25. The van der Waals surface area contributed by atoms with E-state index in [0.717, 1.165) is 49.6 Å². The van der Waals surface area contributed by atoms with E-state index in [1.165, 1.54) is 0 Å². The topological polar surface area (TPSA) is 74.3 Å². The second-order valence-corrected chi connectivity index (χ2v) is 7.37. The molecular weight excluding hydrogens is 352 g/mol. The summed E-state index contributed by atoms with van der Waals surface area (Å²) in [6, 6.07) is 5.64. The molecule has 1 aromatic carbocycles. The van der Waals surface area contributed by atoms with Crippen molar-refractivity contribution in [3.63, 3.8) is 0 Å². The van der Waals surface area contributed by atoms with Gasteiger partial charge in [-0.3, -0.25) is 5.10 Å². The number of aryl methyl sites for hydroxylation is 2. The van der Waals surface area contributed by atoms with E-state index in [1.54, 1.807) is 0 Å². The van der Waals surface area contributed by atoms with Gasteiger partial charge in [-0.15, -0.1) is 0 Å². The van der Waals surface area contributed by atoms with Crippen molar-refractivity contribution < 1.29 is 9.84 Å². The molecule has 1 atom stereocenters. The Morgan fingerprint density at radius 3 is 2.85 bits per heavy atom. The number of rotatable bonds is 7. The van der Waals surface area contributed by atoms with E-state index < -0.39 is 6.10 Å². The molecule has 0 saturated carbocycles. The monoisotopic (exact) mass is 378 g/mol. The molecule has 7 heteroatoms. The maximum Gasteiger partial charge on any atom is 0.153 e. The Balaban J connectivity index is 1.43. The lowest BCUT2D eigenvalue weighted by atomic mass is 9.96. The minimum Gasteiger partial charge on any atom is -0.489 e. The second kappa shape index (κ2) is 8.84. The fourth-order valence-electron chi connectivity index (χ4n) is 3.28. The summed E-state index contributed by atoms with van der Waals surface area (Å²) in [7, 11) is 0. The van der Waals surface area contributed by atoms with Gasteiger partial charge in [0.25, 0.3) is 0 Å². The van der Waals surface area contributed by atoms with Crippen LogP contribution in [0.25, 0.3) is 0 Å². The van der Waals surface area contributed by atoms with Crippen LogP contribution in [0.5, 0.6) is 5.75 Å². The van der Waals surface area contributed by atoms with Crippen LogP contribution in [0.2, 0.25) is 5.02 Å². The number of β-amino-alcohol motifs (C(OH)–C–C–N with tert-alkyl or cyclic N) is 1. The lowest BCUT2D eigenvalue weighted by Crippen LogP contribution is -2.40. The minimum absolute atomic E-state index is 0.240. The minimum atomic E-state index is -0.543. The number of aromatic nitrogens is 3. The lowest BCUT2D eigenvalue weighted by Gasteiger charge is -2.32. The zero-order valence-electron chi connectivity index (χ0n) is 15.4. The van der Waals surface area contributed by atoms with Gasteiger partial charge in [-0.05, 0) is 50.6 Å². The molecule has 2 N–H and O–H groups in total. The van der Waals surface area contributed by atoms with Crippen LogP contribution in [0.3, 0.4) is 0 Å². The lowest BCUT2D eigenvalue weighted by molar-refractivity contribution is 0.0591. The van der Waals surface area contributed by atoms with Crippen molar-refractivity contribution in [3.8, 4) is 5.75 Å². The summed E-state index contributed by atoms with van der Waals surface area (Å²) in [5.41, 5.74) is 1.08. The molecule has 2 heterocycles. The first kappa shape index (κ1) is 19.1. The predicted molar refractivity (Wildman–Crippen MR) is 102 cm³/mol. The Labute approximate surface area is 159 Å². The number of halogens is 1. The Hall–Kier alpha value is -1.63. The number of nitrogens with zero attached hydrogens (tertiary/aromatic N) is 3. The maximum atomic E-state index is 10.3. The standard InChI is InChI=1S/C19H27ClN4O2/c1-3-18-21-19(23-22-18)14-6-8-24(9-7-14)11-15(25)12-26-17-10-13(2)4-5-16(17)20/h4-5,10,14-15,25H,3,6-9,11-12H2,1-2H3,(H,21,22,23)/t15-/m0/s1. The summed E-state index contributed by atoms with van der Waals surface area (Å²) < 4.78 is 5.69. The van der Waals surface area contributed by atoms with Gasteiger partial charge >= 0.3 is 0 Å². The number of benzene rings is 1. The number of hydrogen-bond donors (Lipinski definition) is 2. The molecule has 142 valence electrons. The largest absolute Gasteiger partial charge is 0.489 e. The van der Waals surface area contributed by atoms with E-state index in [-0.39, 0.29) is 6.61 Å². The molecule has 0 amide bonds. The molecule has 1 aliphatic heterocycles. The Bertz CT molecular complexity index is 713. The van der Waals surface area contributed by atoms with Gasteiger partial charge in [0, 0.05) is 18.9 Å². The van der Waals surface area contributed by atoms with E-state index in [9.17, 15) is 5.11 Å². The summed E-state index contributed by atoms with van der Waals surface area (Å²) in [6.45, 7) is 6.77. The highest BCUT2D eigenvalue weighted by atomic mass is 35.5. The molecule has 1 aromatic heterocycles. The maximum absolute atomic E-state index is 10.3. The zero-order chi connectivity index (χ0) is 18.5. The normalized spacial score (nSPS) is 17.4. The first-order valence-corrected chi connectivity index (χ1v) is 9.63. The Morgan fingerprint density at radius 2 is 2.15 bits per heavy atom. The van der Waals surface area contributed by atoms with E-state index in [2.05, 4.69) is 27.0 Å². The molecule has 0 aliphatic carbocycles. The molecular formula is C19H27ClN4O2. The smallest absolute Gasteiger partial charge is 0.153 e. The predicted octanol–water partition coefficient (Wildman–Crippen LogP) is 2.95. The number of hydrogen-bond acceptors (Lipinski definition) is 5. The van der Waals surface area contributed by atoms with Crippen molar-refractivity contribution >= 4 is 11.6 Å². The molecule has 3 rings (SSSR count). The van der Waals surface area contributed by atoms with Crippen LogP contribution < -0.4 is 4.74 Å². The summed E-state index contributed by atoms with van der Waals surface area (Å²) >= 11 is 6.13. The number of nitrogens with one attached hydrogen (secondary N) is 1. The molecule has 26 heavy (non-hydrogen) atoms. The fourth-order valence-corrected chi connectivity index (χ4v) is 3.45. The van der Waals surface area contributed by atoms with E-state index in [1.807, 2.05) is 25.1 Å². The molecule has 0 bridgehead atoms. The quantitative estimate of drug-likeness (QED) is 0.774. The fraction of sp³-hybridized carbons (Fsp3) is 0.579. The SMILES string of the molecule is CCc1nc(C2CCN(C[C@H](O)COc3cc(C)ccc3Cl)CC2)n[nH]1. The van der Waals surface area contributed by atoms with Crippen LogP contribution in [0.15, 0.2) is 18.2 Å². The van der Waals surface area contributed by atoms with Crippen LogP contribution in [0.1, 0.15) is 42.9 Å². The van der Waals surface area contributed by atoms with Gasteiger partial charge < -0.3 is 14.7 Å². The van der Waals surface area contributed by atoms with Crippen molar-refractivity contribution in [1.29, 1.82) is 0 Å². The van der Waals surface area contributed by atoms with Crippen molar-refractivity contribution in [1.82, 2.24) is 20.1 Å². The van der Waals surface area contributed by atoms with Gasteiger partial charge in [-0.2, -0.15) is 5.10 Å². The summed E-state index contributed by atoms with van der Waals surface area (Å²) in [4.78, 5) is 6.82. The van der Waals surface area contributed by atoms with Gasteiger partial charge in [-0.1, -0.05) is 24.6 Å². The van der Waals surface area contributed by atoms with Crippen LogP contribution in [-0.4, -0.2) is 57.5 Å². The number of aliphatic hydroxyl groups excluding tert-OH is 1. The van der Waals surface area contributed by atoms with Crippen LogP contribution >= 0.6 is 11.6 Å². The van der Waals surface area contributed by atoms with Crippen molar-refractivity contribution in [2.24, 2.45) is 0 Å². The molecule has 2 aromatic rings. The summed E-state index contributed by atoms with van der Waals surface area (Å²) in [5.74, 6) is 2.91. The Morgan fingerprint density at radius 1 is 1.38 bits per heavy atom. The Kier molecular flexibility index (Phi) is 6.51. The van der Waals surface area contributed by atoms with Crippen molar-refractivity contribution in [2.75, 3.05) is 26.2 Å². The highest BCUT2D eigenvalue weighted by molar-refractivity contribution is 6.32. The van der Waals surface area contributed by atoms with Crippen LogP contribution in [-0.2, 0) is 6.42 Å². The van der Waals surface area contributed by atoms with Gasteiger partial charge in [0.05, 0.1) is 5.02 Å². The van der Waals surface area contributed by atoms with E-state index in [4.69, 9.17) is 16.3 Å². The molecule has 6 nitrogen and oxygen atoms in total. The van der Waals surface area contributed by atoms with Crippen molar-refractivity contribution in [3.05, 3.63) is 40.4 Å². The molecule has 1 saturated heterocycles. The average Bonchev–Trinajstić information content (AvgIpc) is 3.12. The third-order valence-corrected chi connectivity index (χ3v) is 5.14. The number of H-pyrrole nitrogens is 1. The number of ether oxygens (including phenoxy) is 1. The summed E-state index contributed by atoms with van der Waals surface area (Å²) in [6.07, 6.45) is 2.36. The summed E-state index contributed by atoms with van der Waals surface area (Å²) in [5, 5.41) is 18.2. The van der Waals surface area contributed by atoms with Crippen molar-refractivity contribution in [2.45, 2.75) is 45.1 Å². The third-order valence-electron chi connectivity index (χ3n) is 4.82. The van der Waals surface area contributed by atoms with Crippen LogP contribution in [0, 0.1) is 6.92 Å². The number of aromatic amines is 1. The average molecular weight is 379 g/mol. The molecule has 1 aliphatic rings. The third kappa shape index (κ3) is 4.96. The number of likely N-dealkylation sites (tertiary alicyclic amines) is 1. The van der Waals surface area contributed by atoms with E-state index in [0.29, 0.717) is 23.2 Å². The number of piperidine rings is 1.